The number of hydrogen-bond acceptors (Lipinski definition) is 7. The van der Waals surface area contributed by atoms with Crippen LogP contribution in [0.25, 0.3) is 0 Å². The van der Waals surface area contributed by atoms with E-state index in [9.17, 15) is 24.0 Å². The molecule has 0 saturated carbocycles. The van der Waals surface area contributed by atoms with Crippen LogP contribution in [0, 0.1) is 0 Å². The van der Waals surface area contributed by atoms with Crippen molar-refractivity contribution in [2.75, 3.05) is 32.1 Å². The number of amides is 5. The van der Waals surface area contributed by atoms with Crippen molar-refractivity contribution in [1.29, 1.82) is 0 Å². The second-order valence-corrected chi connectivity index (χ2v) is 9.65. The Morgan fingerprint density at radius 2 is 1.61 bits per heavy atom. The summed E-state index contributed by atoms with van der Waals surface area (Å²) in [7, 11) is 1.55. The summed E-state index contributed by atoms with van der Waals surface area (Å²) in [5, 5.41) is 7.83. The molecule has 3 rings (SSSR count). The Labute approximate surface area is 220 Å². The zero-order valence-electron chi connectivity index (χ0n) is 21.9. The van der Waals surface area contributed by atoms with Crippen LogP contribution in [0.1, 0.15) is 63.8 Å². The Hall–Kier alpha value is -4.25. The molecule has 5 amide bonds. The molecule has 11 nitrogen and oxygen atoms in total. The molecule has 3 N–H and O–H groups in total. The third kappa shape index (κ3) is 7.62. The molecule has 1 heterocycles. The van der Waals surface area contributed by atoms with Crippen LogP contribution in [0.15, 0.2) is 42.5 Å². The molecular formula is C27H32N4O7. The molecule has 0 fully saturated rings. The van der Waals surface area contributed by atoms with Crippen molar-refractivity contribution in [2.24, 2.45) is 0 Å². The van der Waals surface area contributed by atoms with E-state index >= 15 is 0 Å². The Kier molecular flexibility index (Phi) is 9.19. The topological polar surface area (TPSA) is 143 Å². The monoisotopic (exact) mass is 524 g/mol. The first-order valence-corrected chi connectivity index (χ1v) is 12.1. The normalized spacial score (nSPS) is 12.7. The summed E-state index contributed by atoms with van der Waals surface area (Å²) in [6, 6.07) is 11.3. The molecule has 2 aromatic rings. The zero-order valence-corrected chi connectivity index (χ0v) is 21.9. The fourth-order valence-corrected chi connectivity index (χ4v) is 3.66. The van der Waals surface area contributed by atoms with Gasteiger partial charge in [-0.25, -0.2) is 4.79 Å². The van der Waals surface area contributed by atoms with E-state index in [-0.39, 0.29) is 42.2 Å². The summed E-state index contributed by atoms with van der Waals surface area (Å²) in [4.78, 5) is 62.7. The van der Waals surface area contributed by atoms with Crippen molar-refractivity contribution in [2.45, 2.75) is 39.3 Å². The number of methoxy groups -OCH3 is 1. The van der Waals surface area contributed by atoms with Crippen LogP contribution < -0.4 is 16.0 Å². The minimum atomic E-state index is -0.683. The van der Waals surface area contributed by atoms with Crippen molar-refractivity contribution in [1.82, 2.24) is 15.5 Å². The van der Waals surface area contributed by atoms with Gasteiger partial charge in [-0.05, 0) is 63.1 Å². The molecule has 1 aliphatic rings. The Bertz CT molecular complexity index is 1220. The highest BCUT2D eigenvalue weighted by Gasteiger charge is 2.35. The first-order chi connectivity index (χ1) is 18.0. The molecule has 0 spiro atoms. The van der Waals surface area contributed by atoms with E-state index in [2.05, 4.69) is 16.0 Å². The van der Waals surface area contributed by atoms with Crippen molar-refractivity contribution >= 4 is 35.4 Å². The molecule has 0 bridgehead atoms. The Morgan fingerprint density at radius 3 is 2.26 bits per heavy atom. The SMILES string of the molecule is COCCCN1C(=O)c2ccc(C(=O)NCc3ccc(NC(=O)CNC(=O)OC(C)(C)C)cc3)cc2C1=O. The highest BCUT2D eigenvalue weighted by Crippen LogP contribution is 2.24. The average molecular weight is 525 g/mol. The summed E-state index contributed by atoms with van der Waals surface area (Å²) >= 11 is 0. The lowest BCUT2D eigenvalue weighted by molar-refractivity contribution is -0.115. The van der Waals surface area contributed by atoms with E-state index in [4.69, 9.17) is 9.47 Å². The van der Waals surface area contributed by atoms with Gasteiger partial charge < -0.3 is 25.4 Å². The van der Waals surface area contributed by atoms with Crippen LogP contribution in [-0.2, 0) is 20.8 Å². The van der Waals surface area contributed by atoms with Gasteiger partial charge in [0.2, 0.25) is 5.91 Å². The van der Waals surface area contributed by atoms with E-state index in [0.29, 0.717) is 18.7 Å². The summed E-state index contributed by atoms with van der Waals surface area (Å²) in [6.07, 6.45) is -0.154. The third-order valence-electron chi connectivity index (χ3n) is 5.45. The molecule has 1 aliphatic heterocycles. The molecule has 38 heavy (non-hydrogen) atoms. The second-order valence-electron chi connectivity index (χ2n) is 9.65. The number of nitrogens with zero attached hydrogens (tertiary/aromatic N) is 1. The average Bonchev–Trinajstić information content (AvgIpc) is 3.10. The van der Waals surface area contributed by atoms with E-state index in [0.717, 1.165) is 5.56 Å². The number of carbonyl (C=O) groups is 5. The minimum absolute atomic E-state index is 0.209. The van der Waals surface area contributed by atoms with Gasteiger partial charge in [0.15, 0.2) is 0 Å². The van der Waals surface area contributed by atoms with Gasteiger partial charge in [-0.15, -0.1) is 0 Å². The number of rotatable bonds is 10. The van der Waals surface area contributed by atoms with Crippen molar-refractivity contribution in [3.63, 3.8) is 0 Å². The van der Waals surface area contributed by atoms with E-state index in [1.165, 1.54) is 23.1 Å². The predicted octanol–water partition coefficient (Wildman–Crippen LogP) is 2.71. The lowest BCUT2D eigenvalue weighted by Crippen LogP contribution is -2.37. The first kappa shape index (κ1) is 28.3. The van der Waals surface area contributed by atoms with Crippen LogP contribution >= 0.6 is 0 Å². The fourth-order valence-electron chi connectivity index (χ4n) is 3.66. The lowest BCUT2D eigenvalue weighted by Gasteiger charge is -2.19. The molecular weight excluding hydrogens is 492 g/mol. The first-order valence-electron chi connectivity index (χ1n) is 12.1. The maximum Gasteiger partial charge on any atom is 0.408 e. The third-order valence-corrected chi connectivity index (χ3v) is 5.45. The van der Waals surface area contributed by atoms with Gasteiger partial charge in [0, 0.05) is 38.1 Å². The number of benzene rings is 2. The summed E-state index contributed by atoms with van der Waals surface area (Å²) < 4.78 is 10.1. The van der Waals surface area contributed by atoms with Crippen LogP contribution in [-0.4, -0.2) is 67.0 Å². The van der Waals surface area contributed by atoms with Crippen LogP contribution in [0.4, 0.5) is 10.5 Å². The standard InChI is InChI=1S/C27H32N4O7/c1-27(2,3)38-26(36)29-16-22(32)30-19-9-6-17(7-10-19)15-28-23(33)18-8-11-20-21(14-18)25(35)31(24(20)34)12-5-13-37-4/h6-11,14H,5,12-13,15-16H2,1-4H3,(H,28,33)(H,29,36)(H,30,32). The molecule has 0 atom stereocenters. The molecule has 0 aromatic heterocycles. The maximum atomic E-state index is 12.7. The van der Waals surface area contributed by atoms with Gasteiger partial charge in [-0.2, -0.15) is 0 Å². The number of carbonyl (C=O) groups excluding carboxylic acids is 5. The summed E-state index contributed by atoms with van der Waals surface area (Å²) in [5.41, 5.74) is 1.40. The van der Waals surface area contributed by atoms with Gasteiger partial charge in [0.05, 0.1) is 11.1 Å². The minimum Gasteiger partial charge on any atom is -0.444 e. The molecule has 11 heteroatoms. The number of imide groups is 1. The van der Waals surface area contributed by atoms with Gasteiger partial charge in [-0.3, -0.25) is 24.1 Å². The summed E-state index contributed by atoms with van der Waals surface area (Å²) in [6.45, 7) is 5.82. The zero-order chi connectivity index (χ0) is 27.9. The number of nitrogens with one attached hydrogen (secondary N) is 3. The predicted molar refractivity (Wildman–Crippen MR) is 139 cm³/mol. The van der Waals surface area contributed by atoms with Gasteiger partial charge in [0.25, 0.3) is 17.7 Å². The van der Waals surface area contributed by atoms with E-state index in [1.54, 1.807) is 52.1 Å². The number of fused-ring (bicyclic) bond motifs is 1. The number of hydrogen-bond donors (Lipinski definition) is 3. The maximum absolute atomic E-state index is 12.7. The Morgan fingerprint density at radius 1 is 0.921 bits per heavy atom. The van der Waals surface area contributed by atoms with Gasteiger partial charge >= 0.3 is 6.09 Å². The Balaban J connectivity index is 1.50. The van der Waals surface area contributed by atoms with E-state index < -0.39 is 29.4 Å². The highest BCUT2D eigenvalue weighted by atomic mass is 16.6. The van der Waals surface area contributed by atoms with Crippen LogP contribution in [0.3, 0.4) is 0 Å². The van der Waals surface area contributed by atoms with Crippen molar-refractivity contribution in [3.05, 3.63) is 64.7 Å². The summed E-state index contributed by atoms with van der Waals surface area (Å²) in [5.74, 6) is -1.61. The lowest BCUT2D eigenvalue weighted by atomic mass is 10.1. The largest absolute Gasteiger partial charge is 0.444 e. The quantitative estimate of drug-likeness (QED) is 0.320. The molecule has 2 aromatic carbocycles. The number of anilines is 1. The molecule has 0 unspecified atom stereocenters. The van der Waals surface area contributed by atoms with Gasteiger partial charge in [-0.1, -0.05) is 12.1 Å². The van der Waals surface area contributed by atoms with E-state index in [1.807, 2.05) is 0 Å². The molecule has 0 aliphatic carbocycles. The molecule has 0 saturated heterocycles. The number of ether oxygens (including phenoxy) is 2. The fraction of sp³-hybridized carbons (Fsp3) is 0.370. The number of alkyl carbamates (subject to hydrolysis) is 1. The second kappa shape index (κ2) is 12.3. The molecule has 202 valence electrons. The van der Waals surface area contributed by atoms with Crippen molar-refractivity contribution < 1.29 is 33.4 Å². The highest BCUT2D eigenvalue weighted by molar-refractivity contribution is 6.22. The van der Waals surface area contributed by atoms with Crippen LogP contribution in [0.5, 0.6) is 0 Å². The van der Waals surface area contributed by atoms with Crippen LogP contribution in [0.2, 0.25) is 0 Å². The smallest absolute Gasteiger partial charge is 0.408 e. The molecule has 0 radical (unpaired) electrons. The van der Waals surface area contributed by atoms with Crippen molar-refractivity contribution in [3.8, 4) is 0 Å². The van der Waals surface area contributed by atoms with Gasteiger partial charge in [0.1, 0.15) is 12.1 Å².